The first-order chi connectivity index (χ1) is 5.02. The van der Waals surface area contributed by atoms with E-state index >= 15 is 0 Å². The average molecular weight is 190 g/mol. The topological polar surface area (TPSA) is 40.9 Å². The van der Waals surface area contributed by atoms with Crippen molar-refractivity contribution in [2.24, 2.45) is 0 Å². The number of halogens is 1. The summed E-state index contributed by atoms with van der Waals surface area (Å²) in [5.41, 5.74) is 0. The van der Waals surface area contributed by atoms with Gasteiger partial charge in [0.2, 0.25) is 0 Å². The van der Waals surface area contributed by atoms with Crippen molar-refractivity contribution >= 4 is 21.3 Å². The summed E-state index contributed by atoms with van der Waals surface area (Å²) < 4.78 is 18.4. The maximum Gasteiger partial charge on any atom is 0.0711 e. The molecule has 60 valence electrons. The Balaban J connectivity index is 3.37. The summed E-state index contributed by atoms with van der Waals surface area (Å²) in [7, 11) is -2.67. The van der Waals surface area contributed by atoms with E-state index in [1.807, 2.05) is 0 Å². The second kappa shape index (κ2) is 2.83. The molecule has 0 bridgehead atoms. The Kier molecular flexibility index (Phi) is 2.20. The second-order valence-electron chi connectivity index (χ2n) is 2.27. The van der Waals surface area contributed by atoms with Crippen LogP contribution in [0.2, 0.25) is 5.02 Å². The summed E-state index contributed by atoms with van der Waals surface area (Å²) in [6.07, 6.45) is 1.36. The van der Waals surface area contributed by atoms with Gasteiger partial charge in [0.05, 0.1) is 19.6 Å². The quantitative estimate of drug-likeness (QED) is 0.724. The molecule has 2 nitrogen and oxygen atoms in total. The van der Waals surface area contributed by atoms with Gasteiger partial charge in [-0.1, -0.05) is 23.7 Å². The molecule has 0 fully saturated rings. The SMILES string of the molecule is C[S@@](=N)(=O)c1ccccc1Cl. The van der Waals surface area contributed by atoms with Gasteiger partial charge in [0.25, 0.3) is 0 Å². The summed E-state index contributed by atoms with van der Waals surface area (Å²) in [5, 5.41) is 0.398. The van der Waals surface area contributed by atoms with Gasteiger partial charge in [-0.25, -0.2) is 8.99 Å². The van der Waals surface area contributed by atoms with Gasteiger partial charge in [-0.15, -0.1) is 0 Å². The molecule has 0 aliphatic carbocycles. The molecular weight excluding hydrogens is 182 g/mol. The first-order valence-electron chi connectivity index (χ1n) is 3.00. The molecule has 0 radical (unpaired) electrons. The Labute approximate surface area is 71.2 Å². The molecule has 0 unspecified atom stereocenters. The monoisotopic (exact) mass is 189 g/mol. The lowest BCUT2D eigenvalue weighted by molar-refractivity contribution is 0.679. The summed E-state index contributed by atoms with van der Waals surface area (Å²) in [6, 6.07) is 6.71. The third kappa shape index (κ3) is 1.94. The first kappa shape index (κ1) is 8.56. The zero-order valence-electron chi connectivity index (χ0n) is 6.00. The molecule has 1 N–H and O–H groups in total. The normalized spacial score (nSPS) is 15.8. The molecule has 4 heteroatoms. The van der Waals surface area contributed by atoms with E-state index in [-0.39, 0.29) is 0 Å². The van der Waals surface area contributed by atoms with E-state index in [0.29, 0.717) is 9.92 Å². The minimum absolute atomic E-state index is 0.398. The van der Waals surface area contributed by atoms with Crippen LogP contribution in [0, 0.1) is 4.78 Å². The fourth-order valence-electron chi connectivity index (χ4n) is 0.761. The van der Waals surface area contributed by atoms with E-state index in [1.165, 1.54) is 6.26 Å². The Morgan fingerprint density at radius 3 is 2.36 bits per heavy atom. The minimum atomic E-state index is -2.67. The van der Waals surface area contributed by atoms with E-state index in [2.05, 4.69) is 0 Å². The molecule has 0 saturated carbocycles. The third-order valence-corrected chi connectivity index (χ3v) is 2.89. The third-order valence-electron chi connectivity index (χ3n) is 1.26. The molecular formula is C7H8ClNOS. The van der Waals surface area contributed by atoms with Crippen LogP contribution in [0.5, 0.6) is 0 Å². The summed E-state index contributed by atoms with van der Waals surface area (Å²) in [4.78, 5) is 0.404. The van der Waals surface area contributed by atoms with Crippen molar-refractivity contribution in [1.29, 1.82) is 4.78 Å². The summed E-state index contributed by atoms with van der Waals surface area (Å²) >= 11 is 5.71. The van der Waals surface area contributed by atoms with Crippen LogP contribution < -0.4 is 0 Å². The fraction of sp³-hybridized carbons (Fsp3) is 0.143. The molecule has 0 aliphatic rings. The highest BCUT2D eigenvalue weighted by Gasteiger charge is 2.05. The summed E-state index contributed by atoms with van der Waals surface area (Å²) in [6.45, 7) is 0. The highest BCUT2D eigenvalue weighted by atomic mass is 35.5. The van der Waals surface area contributed by atoms with E-state index in [9.17, 15) is 4.21 Å². The van der Waals surface area contributed by atoms with E-state index in [1.54, 1.807) is 24.3 Å². The molecule has 1 aromatic rings. The minimum Gasteiger partial charge on any atom is -0.249 e. The van der Waals surface area contributed by atoms with Crippen molar-refractivity contribution in [3.63, 3.8) is 0 Å². The molecule has 0 amide bonds. The second-order valence-corrected chi connectivity index (χ2v) is 4.81. The Bertz CT molecular complexity index is 358. The van der Waals surface area contributed by atoms with Gasteiger partial charge in [-0.2, -0.15) is 0 Å². The van der Waals surface area contributed by atoms with E-state index < -0.39 is 9.73 Å². The van der Waals surface area contributed by atoms with E-state index in [0.717, 1.165) is 0 Å². The maximum absolute atomic E-state index is 11.2. The first-order valence-corrected chi connectivity index (χ1v) is 5.34. The Morgan fingerprint density at radius 2 is 2.00 bits per heavy atom. The van der Waals surface area contributed by atoms with Gasteiger partial charge in [-0.05, 0) is 12.1 Å². The molecule has 0 heterocycles. The van der Waals surface area contributed by atoms with Crippen LogP contribution in [0.1, 0.15) is 0 Å². The highest BCUT2D eigenvalue weighted by Crippen LogP contribution is 2.20. The van der Waals surface area contributed by atoms with Crippen molar-refractivity contribution in [3.05, 3.63) is 29.3 Å². The number of hydrogen-bond acceptors (Lipinski definition) is 2. The Morgan fingerprint density at radius 1 is 1.45 bits per heavy atom. The van der Waals surface area contributed by atoms with Crippen LogP contribution in [-0.4, -0.2) is 10.5 Å². The lowest BCUT2D eigenvalue weighted by Crippen LogP contribution is -1.94. The van der Waals surface area contributed by atoms with Gasteiger partial charge in [0.1, 0.15) is 0 Å². The number of rotatable bonds is 1. The highest BCUT2D eigenvalue weighted by molar-refractivity contribution is 7.91. The molecule has 11 heavy (non-hydrogen) atoms. The van der Waals surface area contributed by atoms with Crippen molar-refractivity contribution in [2.45, 2.75) is 4.90 Å². The van der Waals surface area contributed by atoms with Crippen molar-refractivity contribution in [2.75, 3.05) is 6.26 Å². The average Bonchev–Trinajstić information content (AvgIpc) is 1.86. The van der Waals surface area contributed by atoms with Gasteiger partial charge in [0.15, 0.2) is 0 Å². The zero-order valence-corrected chi connectivity index (χ0v) is 7.58. The standard InChI is InChI=1S/C7H8ClNOS/c1-11(9,10)7-5-3-2-4-6(7)8/h2-5,9H,1H3/t11-/m1/s1. The zero-order chi connectivity index (χ0) is 8.48. The van der Waals surface area contributed by atoms with Gasteiger partial charge in [0, 0.05) is 6.26 Å². The molecule has 0 spiro atoms. The van der Waals surface area contributed by atoms with Crippen LogP contribution in [0.15, 0.2) is 29.2 Å². The Hall–Kier alpha value is -0.540. The summed E-state index contributed by atoms with van der Waals surface area (Å²) in [5.74, 6) is 0. The van der Waals surface area contributed by atoms with Crippen LogP contribution in [-0.2, 0) is 9.73 Å². The molecule has 0 saturated heterocycles. The van der Waals surface area contributed by atoms with Gasteiger partial charge < -0.3 is 0 Å². The molecule has 1 atom stereocenters. The lowest BCUT2D eigenvalue weighted by Gasteiger charge is -2.01. The van der Waals surface area contributed by atoms with Crippen molar-refractivity contribution in [1.82, 2.24) is 0 Å². The van der Waals surface area contributed by atoms with Gasteiger partial charge >= 0.3 is 0 Å². The number of hydrogen-bond donors (Lipinski definition) is 1. The van der Waals surface area contributed by atoms with Crippen LogP contribution in [0.25, 0.3) is 0 Å². The molecule has 1 rings (SSSR count). The predicted molar refractivity (Wildman–Crippen MR) is 46.5 cm³/mol. The fourth-order valence-corrected chi connectivity index (χ4v) is 2.12. The lowest BCUT2D eigenvalue weighted by atomic mass is 10.4. The van der Waals surface area contributed by atoms with Crippen LogP contribution in [0.3, 0.4) is 0 Å². The number of benzene rings is 1. The van der Waals surface area contributed by atoms with Crippen LogP contribution >= 0.6 is 11.6 Å². The molecule has 1 aromatic carbocycles. The largest absolute Gasteiger partial charge is 0.249 e. The van der Waals surface area contributed by atoms with E-state index in [4.69, 9.17) is 16.4 Å². The predicted octanol–water partition coefficient (Wildman–Crippen LogP) is 2.38. The van der Waals surface area contributed by atoms with Crippen molar-refractivity contribution in [3.8, 4) is 0 Å². The smallest absolute Gasteiger partial charge is 0.0711 e. The molecule has 0 aromatic heterocycles. The number of nitrogens with one attached hydrogen (secondary N) is 1. The molecule has 0 aliphatic heterocycles. The van der Waals surface area contributed by atoms with Gasteiger partial charge in [-0.3, -0.25) is 0 Å². The maximum atomic E-state index is 11.2. The van der Waals surface area contributed by atoms with Crippen molar-refractivity contribution < 1.29 is 4.21 Å². The van der Waals surface area contributed by atoms with Crippen LogP contribution in [0.4, 0.5) is 0 Å².